The molecule has 1 saturated carbocycles. The van der Waals surface area contributed by atoms with Crippen molar-refractivity contribution in [1.82, 2.24) is 15.5 Å². The molecule has 0 spiro atoms. The summed E-state index contributed by atoms with van der Waals surface area (Å²) in [4.78, 5) is 9.63. The Morgan fingerprint density at radius 1 is 1.07 bits per heavy atom. The third kappa shape index (κ3) is 4.80. The molecule has 3 fully saturated rings. The van der Waals surface area contributed by atoms with Crippen LogP contribution in [0.5, 0.6) is 0 Å². The summed E-state index contributed by atoms with van der Waals surface area (Å²) >= 11 is 0. The Morgan fingerprint density at radius 2 is 1.79 bits per heavy atom. The zero-order chi connectivity index (χ0) is 19.5. The Morgan fingerprint density at radius 3 is 2.43 bits per heavy atom. The van der Waals surface area contributed by atoms with Crippen molar-refractivity contribution in [3.63, 3.8) is 0 Å². The SMILES string of the molecule is CN=C(NCc1ccc(N2CCC(C)CC2)cc1)NC1CC(C)N(C2CC2)C1. The number of hydrogen-bond donors (Lipinski definition) is 2. The van der Waals surface area contributed by atoms with E-state index in [4.69, 9.17) is 0 Å². The molecule has 154 valence electrons. The highest BCUT2D eigenvalue weighted by Gasteiger charge is 2.38. The molecule has 0 bridgehead atoms. The largest absolute Gasteiger partial charge is 0.372 e. The molecule has 5 nitrogen and oxygen atoms in total. The van der Waals surface area contributed by atoms with E-state index in [1.807, 2.05) is 7.05 Å². The molecule has 2 atom stereocenters. The van der Waals surface area contributed by atoms with Gasteiger partial charge >= 0.3 is 0 Å². The molecular formula is C23H37N5. The van der Waals surface area contributed by atoms with E-state index in [9.17, 15) is 0 Å². The highest BCUT2D eigenvalue weighted by Crippen LogP contribution is 2.33. The highest BCUT2D eigenvalue weighted by atomic mass is 15.3. The number of guanidine groups is 1. The van der Waals surface area contributed by atoms with Gasteiger partial charge in [0.1, 0.15) is 0 Å². The lowest BCUT2D eigenvalue weighted by Gasteiger charge is -2.32. The van der Waals surface area contributed by atoms with Crippen LogP contribution in [0.1, 0.15) is 51.5 Å². The van der Waals surface area contributed by atoms with E-state index in [-0.39, 0.29) is 0 Å². The van der Waals surface area contributed by atoms with Gasteiger partial charge in [-0.05, 0) is 62.6 Å². The van der Waals surface area contributed by atoms with E-state index in [2.05, 4.69) is 63.5 Å². The van der Waals surface area contributed by atoms with Crippen molar-refractivity contribution < 1.29 is 0 Å². The third-order valence-electron chi connectivity index (χ3n) is 6.75. The molecule has 1 aromatic carbocycles. The van der Waals surface area contributed by atoms with E-state index in [1.165, 1.54) is 56.4 Å². The molecule has 2 unspecified atom stereocenters. The molecule has 1 aliphatic carbocycles. The Hall–Kier alpha value is -1.75. The van der Waals surface area contributed by atoms with Gasteiger partial charge in [0.05, 0.1) is 0 Å². The van der Waals surface area contributed by atoms with Crippen LogP contribution < -0.4 is 15.5 Å². The van der Waals surface area contributed by atoms with Crippen molar-refractivity contribution >= 4 is 11.6 Å². The van der Waals surface area contributed by atoms with Gasteiger partial charge in [-0.15, -0.1) is 0 Å². The van der Waals surface area contributed by atoms with E-state index in [0.29, 0.717) is 12.1 Å². The Labute approximate surface area is 170 Å². The van der Waals surface area contributed by atoms with Gasteiger partial charge in [0.15, 0.2) is 5.96 Å². The predicted octanol–water partition coefficient (Wildman–Crippen LogP) is 3.21. The summed E-state index contributed by atoms with van der Waals surface area (Å²) in [5, 5.41) is 7.13. The lowest BCUT2D eigenvalue weighted by molar-refractivity contribution is 0.256. The molecule has 1 aromatic rings. The van der Waals surface area contributed by atoms with Crippen LogP contribution in [-0.4, -0.2) is 55.7 Å². The topological polar surface area (TPSA) is 42.9 Å². The highest BCUT2D eigenvalue weighted by molar-refractivity contribution is 5.80. The van der Waals surface area contributed by atoms with Crippen molar-refractivity contribution in [2.24, 2.45) is 10.9 Å². The summed E-state index contributed by atoms with van der Waals surface area (Å²) < 4.78 is 0. The Balaban J connectivity index is 1.25. The summed E-state index contributed by atoms with van der Waals surface area (Å²) in [6.45, 7) is 9.06. The van der Waals surface area contributed by atoms with Crippen molar-refractivity contribution in [3.8, 4) is 0 Å². The summed E-state index contributed by atoms with van der Waals surface area (Å²) in [5.74, 6) is 1.79. The fourth-order valence-corrected chi connectivity index (χ4v) is 4.74. The maximum Gasteiger partial charge on any atom is 0.191 e. The van der Waals surface area contributed by atoms with Crippen LogP contribution in [0.3, 0.4) is 0 Å². The number of likely N-dealkylation sites (tertiary alicyclic amines) is 1. The zero-order valence-corrected chi connectivity index (χ0v) is 17.8. The number of piperidine rings is 1. The lowest BCUT2D eigenvalue weighted by Crippen LogP contribution is -2.44. The summed E-state index contributed by atoms with van der Waals surface area (Å²) in [7, 11) is 1.87. The van der Waals surface area contributed by atoms with Crippen LogP contribution in [-0.2, 0) is 6.54 Å². The van der Waals surface area contributed by atoms with Gasteiger partial charge in [0.2, 0.25) is 0 Å². The average Bonchev–Trinajstić information content (AvgIpc) is 3.49. The standard InChI is InChI=1S/C23H37N5/c1-17-10-12-27(13-11-17)21-6-4-19(5-7-21)15-25-23(24-3)26-20-14-18(2)28(16-20)22-8-9-22/h4-7,17-18,20,22H,8-16H2,1-3H3,(H2,24,25,26). The molecular weight excluding hydrogens is 346 g/mol. The van der Waals surface area contributed by atoms with Crippen molar-refractivity contribution in [2.45, 2.75) is 70.6 Å². The fourth-order valence-electron chi connectivity index (χ4n) is 4.74. The fraction of sp³-hybridized carbons (Fsp3) is 0.696. The Kier molecular flexibility index (Phi) is 6.10. The quantitative estimate of drug-likeness (QED) is 0.605. The number of hydrogen-bond acceptors (Lipinski definition) is 3. The van der Waals surface area contributed by atoms with Crippen LogP contribution in [0.15, 0.2) is 29.3 Å². The molecule has 2 saturated heterocycles. The summed E-state index contributed by atoms with van der Waals surface area (Å²) in [6, 6.07) is 11.1. The molecule has 5 heteroatoms. The molecule has 0 radical (unpaired) electrons. The van der Waals surface area contributed by atoms with Crippen molar-refractivity contribution in [1.29, 1.82) is 0 Å². The van der Waals surface area contributed by atoms with Gasteiger partial charge in [-0.3, -0.25) is 9.89 Å². The van der Waals surface area contributed by atoms with Crippen molar-refractivity contribution in [3.05, 3.63) is 29.8 Å². The van der Waals surface area contributed by atoms with Gasteiger partial charge < -0.3 is 15.5 Å². The molecule has 0 aromatic heterocycles. The summed E-state index contributed by atoms with van der Waals surface area (Å²) in [6.07, 6.45) is 6.60. The van der Waals surface area contributed by atoms with Gasteiger partial charge in [-0.25, -0.2) is 0 Å². The second-order valence-electron chi connectivity index (χ2n) is 9.12. The monoisotopic (exact) mass is 383 g/mol. The van der Waals surface area contributed by atoms with Gasteiger partial charge in [0, 0.05) is 57.0 Å². The molecule has 2 heterocycles. The molecule has 2 N–H and O–H groups in total. The van der Waals surface area contributed by atoms with Crippen LogP contribution in [0.25, 0.3) is 0 Å². The average molecular weight is 384 g/mol. The number of nitrogens with zero attached hydrogens (tertiary/aromatic N) is 3. The first kappa shape index (κ1) is 19.6. The van der Waals surface area contributed by atoms with Gasteiger partial charge in [0.25, 0.3) is 0 Å². The third-order valence-corrected chi connectivity index (χ3v) is 6.75. The van der Waals surface area contributed by atoms with Crippen LogP contribution in [0.4, 0.5) is 5.69 Å². The summed E-state index contributed by atoms with van der Waals surface area (Å²) in [5.41, 5.74) is 2.66. The van der Waals surface area contributed by atoms with E-state index >= 15 is 0 Å². The first-order valence-corrected chi connectivity index (χ1v) is 11.2. The molecule has 0 amide bonds. The maximum absolute atomic E-state index is 4.44. The predicted molar refractivity (Wildman–Crippen MR) is 118 cm³/mol. The van der Waals surface area contributed by atoms with E-state index in [0.717, 1.165) is 31.0 Å². The molecule has 28 heavy (non-hydrogen) atoms. The number of benzene rings is 1. The minimum atomic E-state index is 0.505. The number of aliphatic imine (C=N–C) groups is 1. The normalized spacial score (nSPS) is 27.2. The first-order chi connectivity index (χ1) is 13.6. The maximum atomic E-state index is 4.44. The first-order valence-electron chi connectivity index (χ1n) is 11.2. The Bertz CT molecular complexity index is 658. The lowest BCUT2D eigenvalue weighted by atomic mass is 9.99. The van der Waals surface area contributed by atoms with Gasteiger partial charge in [-0.1, -0.05) is 19.1 Å². The van der Waals surface area contributed by atoms with Crippen LogP contribution in [0.2, 0.25) is 0 Å². The zero-order valence-electron chi connectivity index (χ0n) is 17.8. The number of nitrogens with one attached hydrogen (secondary N) is 2. The molecule has 4 rings (SSSR count). The minimum absolute atomic E-state index is 0.505. The minimum Gasteiger partial charge on any atom is -0.372 e. The van der Waals surface area contributed by atoms with Crippen LogP contribution >= 0.6 is 0 Å². The second kappa shape index (κ2) is 8.73. The number of rotatable bonds is 5. The van der Waals surface area contributed by atoms with Crippen LogP contribution in [0, 0.1) is 5.92 Å². The molecule has 3 aliphatic rings. The second-order valence-corrected chi connectivity index (χ2v) is 9.12. The smallest absolute Gasteiger partial charge is 0.191 e. The van der Waals surface area contributed by atoms with Gasteiger partial charge in [-0.2, -0.15) is 0 Å². The van der Waals surface area contributed by atoms with Crippen molar-refractivity contribution in [2.75, 3.05) is 31.6 Å². The van der Waals surface area contributed by atoms with E-state index < -0.39 is 0 Å². The van der Waals surface area contributed by atoms with E-state index in [1.54, 1.807) is 0 Å². The number of anilines is 1. The molecule has 2 aliphatic heterocycles.